The smallest absolute Gasteiger partial charge is 0.337 e. The molecule has 5 nitrogen and oxygen atoms in total. The highest BCUT2D eigenvalue weighted by molar-refractivity contribution is 9.10. The quantitative estimate of drug-likeness (QED) is 0.746. The van der Waals surface area contributed by atoms with Gasteiger partial charge in [-0.2, -0.15) is 0 Å². The summed E-state index contributed by atoms with van der Waals surface area (Å²) >= 11 is 3.36. The van der Waals surface area contributed by atoms with Crippen LogP contribution in [0.25, 0.3) is 0 Å². The van der Waals surface area contributed by atoms with Gasteiger partial charge in [-0.15, -0.1) is 0 Å². The number of esters is 1. The van der Waals surface area contributed by atoms with Crippen molar-refractivity contribution in [2.75, 3.05) is 19.0 Å². The zero-order valence-corrected chi connectivity index (χ0v) is 15.1. The Morgan fingerprint density at radius 3 is 2.46 bits per heavy atom. The minimum absolute atomic E-state index is 0.284. The van der Waals surface area contributed by atoms with Gasteiger partial charge in [0.2, 0.25) is 0 Å². The first-order valence-corrected chi connectivity index (χ1v) is 8.26. The zero-order chi connectivity index (χ0) is 17.5. The first-order valence-electron chi connectivity index (χ1n) is 7.47. The lowest BCUT2D eigenvalue weighted by atomic mass is 10.1. The van der Waals surface area contributed by atoms with E-state index in [2.05, 4.69) is 26.0 Å². The van der Waals surface area contributed by atoms with Crippen LogP contribution in [-0.2, 0) is 4.74 Å². The van der Waals surface area contributed by atoms with Crippen molar-refractivity contribution in [1.82, 2.24) is 0 Å². The predicted octanol–water partition coefficient (Wildman–Crippen LogP) is 4.28. The first kappa shape index (κ1) is 18.0. The highest BCUT2D eigenvalue weighted by Crippen LogP contribution is 2.24. The van der Waals surface area contributed by atoms with Gasteiger partial charge in [0.1, 0.15) is 5.75 Å². The number of halogens is 1. The second-order valence-electron chi connectivity index (χ2n) is 5.01. The molecule has 126 valence electrons. The Kier molecular flexibility index (Phi) is 6.37. The minimum atomic E-state index is -0.421. The number of benzene rings is 2. The summed E-state index contributed by atoms with van der Waals surface area (Å²) < 4.78 is 11.1. The van der Waals surface area contributed by atoms with Crippen LogP contribution >= 0.6 is 15.9 Å². The van der Waals surface area contributed by atoms with E-state index in [1.54, 1.807) is 36.4 Å². The van der Waals surface area contributed by atoms with Crippen LogP contribution in [0.5, 0.6) is 5.75 Å². The maximum absolute atomic E-state index is 12.5. The summed E-state index contributed by atoms with van der Waals surface area (Å²) in [7, 11) is 1.32. The molecule has 0 spiro atoms. The summed E-state index contributed by atoms with van der Waals surface area (Å²) in [5.74, 6) is -0.174. The molecule has 0 saturated heterocycles. The highest BCUT2D eigenvalue weighted by atomic mass is 79.9. The zero-order valence-electron chi connectivity index (χ0n) is 13.5. The van der Waals surface area contributed by atoms with Gasteiger partial charge in [0.05, 0.1) is 24.8 Å². The molecule has 0 bridgehead atoms. The lowest BCUT2D eigenvalue weighted by Gasteiger charge is -2.12. The third-order valence-corrected chi connectivity index (χ3v) is 3.71. The van der Waals surface area contributed by atoms with E-state index < -0.39 is 5.97 Å². The number of carbonyl (C=O) groups is 2. The van der Waals surface area contributed by atoms with E-state index in [1.807, 2.05) is 13.0 Å². The fourth-order valence-corrected chi connectivity index (χ4v) is 2.38. The Hall–Kier alpha value is -2.34. The Morgan fingerprint density at radius 1 is 1.12 bits per heavy atom. The molecule has 0 unspecified atom stereocenters. The Balaban J connectivity index is 2.17. The average Bonchev–Trinajstić information content (AvgIpc) is 2.60. The number of anilines is 1. The Labute approximate surface area is 149 Å². The molecule has 0 aliphatic carbocycles. The molecule has 0 aliphatic heterocycles. The summed E-state index contributed by atoms with van der Waals surface area (Å²) in [6, 6.07) is 11.8. The van der Waals surface area contributed by atoms with Gasteiger partial charge < -0.3 is 14.8 Å². The SMILES string of the molecule is CCCOc1ccc(Br)cc1C(=O)Nc1ccc(C(=O)OC)cc1. The van der Waals surface area contributed by atoms with E-state index in [9.17, 15) is 9.59 Å². The lowest BCUT2D eigenvalue weighted by molar-refractivity contribution is 0.0600. The van der Waals surface area contributed by atoms with E-state index in [4.69, 9.17) is 4.74 Å². The standard InChI is InChI=1S/C18H18BrNO4/c1-3-10-24-16-9-6-13(19)11-15(16)17(21)20-14-7-4-12(5-8-14)18(22)23-2/h4-9,11H,3,10H2,1-2H3,(H,20,21). The Bertz CT molecular complexity index is 728. The third kappa shape index (κ3) is 4.58. The summed E-state index contributed by atoms with van der Waals surface area (Å²) in [5.41, 5.74) is 1.44. The van der Waals surface area contributed by atoms with Crippen molar-refractivity contribution in [2.45, 2.75) is 13.3 Å². The predicted molar refractivity (Wildman–Crippen MR) is 95.7 cm³/mol. The minimum Gasteiger partial charge on any atom is -0.493 e. The maximum Gasteiger partial charge on any atom is 0.337 e. The van der Waals surface area contributed by atoms with Crippen LogP contribution in [0.4, 0.5) is 5.69 Å². The van der Waals surface area contributed by atoms with Gasteiger partial charge in [-0.1, -0.05) is 22.9 Å². The average molecular weight is 392 g/mol. The largest absolute Gasteiger partial charge is 0.493 e. The van der Waals surface area contributed by atoms with Crippen LogP contribution in [0.2, 0.25) is 0 Å². The second-order valence-corrected chi connectivity index (χ2v) is 5.93. The molecule has 2 aromatic rings. The third-order valence-electron chi connectivity index (χ3n) is 3.21. The van der Waals surface area contributed by atoms with Crippen molar-refractivity contribution in [3.8, 4) is 5.75 Å². The number of nitrogens with one attached hydrogen (secondary N) is 1. The molecular weight excluding hydrogens is 374 g/mol. The number of methoxy groups -OCH3 is 1. The normalized spacial score (nSPS) is 10.1. The van der Waals surface area contributed by atoms with Crippen LogP contribution < -0.4 is 10.1 Å². The number of carbonyl (C=O) groups excluding carboxylic acids is 2. The molecule has 2 rings (SSSR count). The van der Waals surface area contributed by atoms with Crippen molar-refractivity contribution >= 4 is 33.5 Å². The van der Waals surface area contributed by atoms with E-state index in [0.29, 0.717) is 29.2 Å². The van der Waals surface area contributed by atoms with Crippen molar-refractivity contribution in [1.29, 1.82) is 0 Å². The molecular formula is C18H18BrNO4. The second kappa shape index (κ2) is 8.49. The van der Waals surface area contributed by atoms with Crippen molar-refractivity contribution in [2.24, 2.45) is 0 Å². The van der Waals surface area contributed by atoms with Gasteiger partial charge in [-0.3, -0.25) is 4.79 Å². The topological polar surface area (TPSA) is 64.6 Å². The Morgan fingerprint density at radius 2 is 1.83 bits per heavy atom. The van der Waals surface area contributed by atoms with Crippen molar-refractivity contribution in [3.63, 3.8) is 0 Å². The molecule has 0 saturated carbocycles. The van der Waals surface area contributed by atoms with E-state index in [1.165, 1.54) is 7.11 Å². The molecule has 0 aromatic heterocycles. The van der Waals surface area contributed by atoms with E-state index in [-0.39, 0.29) is 5.91 Å². The van der Waals surface area contributed by atoms with Crippen LogP contribution in [0.1, 0.15) is 34.1 Å². The number of hydrogen-bond acceptors (Lipinski definition) is 4. The molecule has 0 radical (unpaired) electrons. The summed E-state index contributed by atoms with van der Waals surface area (Å²) in [4.78, 5) is 23.9. The fraction of sp³-hybridized carbons (Fsp3) is 0.222. The van der Waals surface area contributed by atoms with Gasteiger partial charge >= 0.3 is 5.97 Å². The van der Waals surface area contributed by atoms with Crippen LogP contribution in [-0.4, -0.2) is 25.6 Å². The first-order chi connectivity index (χ1) is 11.5. The number of amides is 1. The van der Waals surface area contributed by atoms with Crippen molar-refractivity contribution < 1.29 is 19.1 Å². The van der Waals surface area contributed by atoms with Crippen molar-refractivity contribution in [3.05, 3.63) is 58.1 Å². The summed E-state index contributed by atoms with van der Waals surface area (Å²) in [5, 5.41) is 2.79. The molecule has 1 amide bonds. The van der Waals surface area contributed by atoms with E-state index >= 15 is 0 Å². The monoisotopic (exact) mass is 391 g/mol. The van der Waals surface area contributed by atoms with E-state index in [0.717, 1.165) is 10.9 Å². The van der Waals surface area contributed by atoms with Gasteiger partial charge in [-0.05, 0) is 48.9 Å². The van der Waals surface area contributed by atoms with Crippen LogP contribution in [0.3, 0.4) is 0 Å². The maximum atomic E-state index is 12.5. The lowest BCUT2D eigenvalue weighted by Crippen LogP contribution is -2.14. The molecule has 0 aliphatic rings. The molecule has 2 aromatic carbocycles. The van der Waals surface area contributed by atoms with Crippen LogP contribution in [0.15, 0.2) is 46.9 Å². The van der Waals surface area contributed by atoms with Gasteiger partial charge in [0, 0.05) is 10.2 Å². The molecule has 1 N–H and O–H groups in total. The number of hydrogen-bond donors (Lipinski definition) is 1. The van der Waals surface area contributed by atoms with Gasteiger partial charge in [0.15, 0.2) is 0 Å². The van der Waals surface area contributed by atoms with Crippen LogP contribution in [0, 0.1) is 0 Å². The molecule has 0 atom stereocenters. The van der Waals surface area contributed by atoms with Gasteiger partial charge in [-0.25, -0.2) is 4.79 Å². The molecule has 6 heteroatoms. The number of ether oxygens (including phenoxy) is 2. The molecule has 0 fully saturated rings. The molecule has 24 heavy (non-hydrogen) atoms. The summed E-state index contributed by atoms with van der Waals surface area (Å²) in [6.07, 6.45) is 0.853. The number of rotatable bonds is 6. The molecule has 0 heterocycles. The fourth-order valence-electron chi connectivity index (χ4n) is 2.02. The van der Waals surface area contributed by atoms with Gasteiger partial charge in [0.25, 0.3) is 5.91 Å². The highest BCUT2D eigenvalue weighted by Gasteiger charge is 2.14. The summed E-state index contributed by atoms with van der Waals surface area (Å²) in [6.45, 7) is 2.54.